The number of allylic oxidation sites excluding steroid dienone is 1. The molecule has 0 atom stereocenters. The zero-order valence-corrected chi connectivity index (χ0v) is 12.7. The van der Waals surface area contributed by atoms with Crippen LogP contribution in [0, 0.1) is 0 Å². The summed E-state index contributed by atoms with van der Waals surface area (Å²) in [6, 6.07) is 14.5. The third-order valence-electron chi connectivity index (χ3n) is 3.23. The smallest absolute Gasteiger partial charge is 0.344 e. The Hall–Kier alpha value is -2.88. The Balaban J connectivity index is 1.93. The maximum atomic E-state index is 11.8. The van der Waals surface area contributed by atoms with Gasteiger partial charge in [-0.1, -0.05) is 48.5 Å². The fourth-order valence-corrected chi connectivity index (χ4v) is 2.11. The second kappa shape index (κ2) is 8.54. The molecule has 0 spiro atoms. The van der Waals surface area contributed by atoms with Crippen LogP contribution < -0.4 is 4.74 Å². The number of hydrogen-bond donors (Lipinski definition) is 0. The van der Waals surface area contributed by atoms with Gasteiger partial charge in [0, 0.05) is 11.1 Å². The molecule has 23 heavy (non-hydrogen) atoms. The van der Waals surface area contributed by atoms with Gasteiger partial charge < -0.3 is 9.47 Å². The van der Waals surface area contributed by atoms with E-state index in [4.69, 9.17) is 9.47 Å². The van der Waals surface area contributed by atoms with Crippen molar-refractivity contribution in [1.29, 1.82) is 0 Å². The summed E-state index contributed by atoms with van der Waals surface area (Å²) in [6.45, 7) is 3.66. The first-order chi connectivity index (χ1) is 11.2. The first-order valence-electron chi connectivity index (χ1n) is 7.25. The summed E-state index contributed by atoms with van der Waals surface area (Å²) in [7, 11) is 0. The van der Waals surface area contributed by atoms with Crippen LogP contribution in [0.25, 0.3) is 0 Å². The number of esters is 1. The molecule has 0 saturated carbocycles. The predicted octanol–water partition coefficient (Wildman–Crippen LogP) is 3.35. The molecule has 0 radical (unpaired) electrons. The van der Waals surface area contributed by atoms with Crippen LogP contribution in [-0.2, 0) is 22.6 Å². The van der Waals surface area contributed by atoms with E-state index in [0.29, 0.717) is 23.3 Å². The maximum Gasteiger partial charge on any atom is 0.344 e. The molecule has 118 valence electrons. The van der Waals surface area contributed by atoms with Gasteiger partial charge in [-0.05, 0) is 18.1 Å². The van der Waals surface area contributed by atoms with Crippen LogP contribution in [0.3, 0.4) is 0 Å². The van der Waals surface area contributed by atoms with E-state index in [0.717, 1.165) is 11.8 Å². The Bertz CT molecular complexity index is 677. The van der Waals surface area contributed by atoms with Crippen molar-refractivity contribution >= 4 is 12.3 Å². The lowest BCUT2D eigenvalue weighted by Gasteiger charge is -2.12. The molecule has 2 aromatic carbocycles. The minimum Gasteiger partial charge on any atom is -0.482 e. The van der Waals surface area contributed by atoms with E-state index in [1.54, 1.807) is 24.3 Å². The number of aldehydes is 1. The molecule has 0 bridgehead atoms. The molecule has 0 aromatic heterocycles. The highest BCUT2D eigenvalue weighted by Crippen LogP contribution is 2.22. The summed E-state index contributed by atoms with van der Waals surface area (Å²) in [4.78, 5) is 22.8. The van der Waals surface area contributed by atoms with Crippen LogP contribution in [0.15, 0.2) is 61.2 Å². The zero-order chi connectivity index (χ0) is 16.5. The van der Waals surface area contributed by atoms with Crippen molar-refractivity contribution in [2.24, 2.45) is 0 Å². The van der Waals surface area contributed by atoms with E-state index in [-0.39, 0.29) is 13.2 Å². The molecule has 4 nitrogen and oxygen atoms in total. The van der Waals surface area contributed by atoms with Crippen molar-refractivity contribution in [2.45, 2.75) is 13.0 Å². The highest BCUT2D eigenvalue weighted by Gasteiger charge is 2.10. The fourth-order valence-electron chi connectivity index (χ4n) is 2.11. The summed E-state index contributed by atoms with van der Waals surface area (Å²) >= 11 is 0. The zero-order valence-electron chi connectivity index (χ0n) is 12.7. The van der Waals surface area contributed by atoms with Gasteiger partial charge in [-0.25, -0.2) is 4.79 Å². The molecule has 4 heteroatoms. The molecule has 0 fully saturated rings. The van der Waals surface area contributed by atoms with E-state index in [1.165, 1.54) is 0 Å². The summed E-state index contributed by atoms with van der Waals surface area (Å²) < 4.78 is 10.7. The predicted molar refractivity (Wildman–Crippen MR) is 87.5 cm³/mol. The highest BCUT2D eigenvalue weighted by atomic mass is 16.6. The number of ether oxygens (including phenoxy) is 2. The SMILES string of the molecule is C=CCc1c(C=O)cccc1OCC(=O)OCc1ccccc1. The topological polar surface area (TPSA) is 52.6 Å². The minimum absolute atomic E-state index is 0.205. The molecule has 0 unspecified atom stereocenters. The molecule has 0 heterocycles. The van der Waals surface area contributed by atoms with Gasteiger partial charge in [0.25, 0.3) is 0 Å². The lowest BCUT2D eigenvalue weighted by Crippen LogP contribution is -2.15. The van der Waals surface area contributed by atoms with Crippen LogP contribution in [0.1, 0.15) is 21.5 Å². The minimum atomic E-state index is -0.463. The van der Waals surface area contributed by atoms with Crippen molar-refractivity contribution in [3.05, 3.63) is 77.9 Å². The van der Waals surface area contributed by atoms with Crippen molar-refractivity contribution < 1.29 is 19.1 Å². The Morgan fingerprint density at radius 1 is 1.09 bits per heavy atom. The van der Waals surface area contributed by atoms with Crippen molar-refractivity contribution in [1.82, 2.24) is 0 Å². The second-order valence-electron chi connectivity index (χ2n) is 4.87. The van der Waals surface area contributed by atoms with Crippen LogP contribution in [0.5, 0.6) is 5.75 Å². The van der Waals surface area contributed by atoms with Gasteiger partial charge in [0.1, 0.15) is 18.6 Å². The number of carbonyl (C=O) groups is 2. The molecule has 0 amide bonds. The highest BCUT2D eigenvalue weighted by molar-refractivity contribution is 5.79. The standard InChI is InChI=1S/C19H18O4/c1-2-7-17-16(12-20)10-6-11-18(17)22-14-19(21)23-13-15-8-4-3-5-9-15/h2-6,8-12H,1,7,13-14H2. The third kappa shape index (κ3) is 4.81. The quantitative estimate of drug-likeness (QED) is 0.426. The van der Waals surface area contributed by atoms with E-state index >= 15 is 0 Å². The fraction of sp³-hybridized carbons (Fsp3) is 0.158. The van der Waals surface area contributed by atoms with Crippen molar-refractivity contribution in [2.75, 3.05) is 6.61 Å². The van der Waals surface area contributed by atoms with E-state index in [1.807, 2.05) is 30.3 Å². The van der Waals surface area contributed by atoms with Gasteiger partial charge >= 0.3 is 5.97 Å². The van der Waals surface area contributed by atoms with Gasteiger partial charge in [-0.3, -0.25) is 4.79 Å². The maximum absolute atomic E-state index is 11.8. The molecular formula is C19H18O4. The average Bonchev–Trinajstić information content (AvgIpc) is 2.60. The van der Waals surface area contributed by atoms with Crippen LogP contribution in [0.4, 0.5) is 0 Å². The molecule has 2 rings (SSSR count). The van der Waals surface area contributed by atoms with Crippen molar-refractivity contribution in [3.63, 3.8) is 0 Å². The molecule has 0 aliphatic rings. The van der Waals surface area contributed by atoms with Crippen molar-refractivity contribution in [3.8, 4) is 5.75 Å². The summed E-state index contributed by atoms with van der Waals surface area (Å²) in [5, 5.41) is 0. The van der Waals surface area contributed by atoms with Crippen LogP contribution in [-0.4, -0.2) is 18.9 Å². The lowest BCUT2D eigenvalue weighted by atomic mass is 10.0. The van der Waals surface area contributed by atoms with Crippen LogP contribution in [0.2, 0.25) is 0 Å². The largest absolute Gasteiger partial charge is 0.482 e. The normalized spacial score (nSPS) is 9.91. The van der Waals surface area contributed by atoms with Gasteiger partial charge in [0.05, 0.1) is 0 Å². The number of benzene rings is 2. The Kier molecular flexibility index (Phi) is 6.12. The first kappa shape index (κ1) is 16.5. The molecule has 2 aromatic rings. The third-order valence-corrected chi connectivity index (χ3v) is 3.23. The number of rotatable bonds is 8. The molecule has 0 N–H and O–H groups in total. The lowest BCUT2D eigenvalue weighted by molar-refractivity contribution is -0.147. The monoisotopic (exact) mass is 310 g/mol. The summed E-state index contributed by atoms with van der Waals surface area (Å²) in [5.41, 5.74) is 2.16. The summed E-state index contributed by atoms with van der Waals surface area (Å²) in [6.07, 6.45) is 2.94. The van der Waals surface area contributed by atoms with Crippen LogP contribution >= 0.6 is 0 Å². The summed E-state index contributed by atoms with van der Waals surface area (Å²) in [5.74, 6) is 0.0288. The van der Waals surface area contributed by atoms with E-state index in [9.17, 15) is 9.59 Å². The number of hydrogen-bond acceptors (Lipinski definition) is 4. The molecule has 0 aliphatic heterocycles. The van der Waals surface area contributed by atoms with E-state index < -0.39 is 5.97 Å². The average molecular weight is 310 g/mol. The molecular weight excluding hydrogens is 292 g/mol. The molecule has 0 aliphatic carbocycles. The first-order valence-corrected chi connectivity index (χ1v) is 7.25. The van der Waals surface area contributed by atoms with Gasteiger partial charge in [0.2, 0.25) is 0 Å². The van der Waals surface area contributed by atoms with Gasteiger partial charge in [-0.2, -0.15) is 0 Å². The second-order valence-corrected chi connectivity index (χ2v) is 4.87. The Morgan fingerprint density at radius 3 is 2.57 bits per heavy atom. The van der Waals surface area contributed by atoms with Gasteiger partial charge in [0.15, 0.2) is 6.61 Å². The van der Waals surface area contributed by atoms with E-state index in [2.05, 4.69) is 6.58 Å². The molecule has 0 saturated heterocycles. The number of carbonyl (C=O) groups excluding carboxylic acids is 2. The Labute approximate surface area is 135 Å². The van der Waals surface area contributed by atoms with Gasteiger partial charge in [-0.15, -0.1) is 6.58 Å². The Morgan fingerprint density at radius 2 is 1.87 bits per heavy atom.